The molecule has 0 saturated carbocycles. The Labute approximate surface area is 114 Å². The Hall–Kier alpha value is -0.610. The molecule has 0 aliphatic carbocycles. The van der Waals surface area contributed by atoms with Crippen molar-refractivity contribution in [1.82, 2.24) is 4.98 Å². The third-order valence-electron chi connectivity index (χ3n) is 4.02. The monoisotopic (exact) mass is 268 g/mol. The van der Waals surface area contributed by atoms with Gasteiger partial charge in [0.05, 0.1) is 17.2 Å². The molecule has 1 aromatic rings. The fourth-order valence-corrected chi connectivity index (χ4v) is 3.60. The van der Waals surface area contributed by atoms with Gasteiger partial charge in [-0.25, -0.2) is 4.98 Å². The van der Waals surface area contributed by atoms with E-state index in [-0.39, 0.29) is 6.61 Å². The molecule has 0 aromatic carbocycles. The van der Waals surface area contributed by atoms with E-state index in [2.05, 4.69) is 30.7 Å². The van der Waals surface area contributed by atoms with Crippen molar-refractivity contribution in [3.05, 3.63) is 10.6 Å². The van der Waals surface area contributed by atoms with E-state index in [1.54, 1.807) is 11.3 Å². The van der Waals surface area contributed by atoms with Crippen LogP contribution in [0.15, 0.2) is 0 Å². The first-order chi connectivity index (χ1) is 8.41. The lowest BCUT2D eigenvalue weighted by Crippen LogP contribution is -2.37. The molecule has 3 nitrogen and oxygen atoms in total. The highest BCUT2D eigenvalue weighted by Crippen LogP contribution is 2.36. The Bertz CT molecular complexity index is 400. The van der Waals surface area contributed by atoms with Gasteiger partial charge in [-0.05, 0) is 31.1 Å². The minimum Gasteiger partial charge on any atom is -0.391 e. The maximum absolute atomic E-state index is 9.23. The van der Waals surface area contributed by atoms with Crippen molar-refractivity contribution in [3.8, 4) is 0 Å². The molecule has 4 heteroatoms. The van der Waals surface area contributed by atoms with E-state index < -0.39 is 0 Å². The average Bonchev–Trinajstić information content (AvgIpc) is 2.69. The molecule has 0 amide bonds. The number of nitrogens with zero attached hydrogens (tertiary/aromatic N) is 2. The summed E-state index contributed by atoms with van der Waals surface area (Å²) in [5.74, 6) is 0.812. The molecule has 1 N–H and O–H groups in total. The number of rotatable bonds is 2. The molecule has 0 radical (unpaired) electrons. The summed E-state index contributed by atoms with van der Waals surface area (Å²) in [7, 11) is 0. The topological polar surface area (TPSA) is 36.4 Å². The van der Waals surface area contributed by atoms with Crippen LogP contribution in [0.1, 0.15) is 44.2 Å². The van der Waals surface area contributed by atoms with E-state index in [4.69, 9.17) is 0 Å². The van der Waals surface area contributed by atoms with E-state index in [0.29, 0.717) is 5.41 Å². The Morgan fingerprint density at radius 3 is 2.39 bits per heavy atom. The predicted octanol–water partition coefficient (Wildman–Crippen LogP) is 3.21. The van der Waals surface area contributed by atoms with Crippen molar-refractivity contribution in [2.45, 2.75) is 47.1 Å². The first kappa shape index (κ1) is 13.8. The molecular weight excluding hydrogens is 244 g/mol. The van der Waals surface area contributed by atoms with Crippen LogP contribution in [0.3, 0.4) is 0 Å². The quantitative estimate of drug-likeness (QED) is 0.895. The number of hydrogen-bond acceptors (Lipinski definition) is 4. The lowest BCUT2D eigenvalue weighted by Gasteiger charge is -2.38. The number of aliphatic hydroxyl groups is 1. The van der Waals surface area contributed by atoms with Crippen LogP contribution in [0, 0.1) is 18.3 Å². The predicted molar refractivity (Wildman–Crippen MR) is 77.2 cm³/mol. The molecule has 1 saturated heterocycles. The minimum absolute atomic E-state index is 0.113. The van der Waals surface area contributed by atoms with Gasteiger partial charge in [-0.2, -0.15) is 0 Å². The summed E-state index contributed by atoms with van der Waals surface area (Å²) in [6.45, 7) is 11.3. The summed E-state index contributed by atoms with van der Waals surface area (Å²) in [5.41, 5.74) is 1.40. The minimum atomic E-state index is 0.113. The van der Waals surface area contributed by atoms with Gasteiger partial charge in [0, 0.05) is 13.1 Å². The molecule has 18 heavy (non-hydrogen) atoms. The third kappa shape index (κ3) is 2.86. The van der Waals surface area contributed by atoms with Crippen LogP contribution >= 0.6 is 11.3 Å². The summed E-state index contributed by atoms with van der Waals surface area (Å²) in [4.78, 5) is 7.95. The lowest BCUT2D eigenvalue weighted by molar-refractivity contribution is 0.199. The van der Waals surface area contributed by atoms with Crippen molar-refractivity contribution in [2.75, 3.05) is 18.0 Å². The summed E-state index contributed by atoms with van der Waals surface area (Å²) in [6.07, 6.45) is 2.49. The van der Waals surface area contributed by atoms with Gasteiger partial charge in [-0.15, -0.1) is 0 Å². The molecule has 1 aliphatic heterocycles. The van der Waals surface area contributed by atoms with Crippen LogP contribution in [-0.4, -0.2) is 23.2 Å². The van der Waals surface area contributed by atoms with E-state index in [9.17, 15) is 5.11 Å². The number of aliphatic hydroxyl groups excluding tert-OH is 1. The summed E-state index contributed by atoms with van der Waals surface area (Å²) < 4.78 is 0. The van der Waals surface area contributed by atoms with Gasteiger partial charge in [0.1, 0.15) is 0 Å². The van der Waals surface area contributed by atoms with Crippen molar-refractivity contribution >= 4 is 16.5 Å². The summed E-state index contributed by atoms with van der Waals surface area (Å²) in [6, 6.07) is 0. The maximum atomic E-state index is 9.23. The van der Waals surface area contributed by atoms with Crippen LogP contribution in [0.25, 0.3) is 0 Å². The molecule has 0 atom stereocenters. The molecule has 2 rings (SSSR count). The Morgan fingerprint density at radius 1 is 1.33 bits per heavy atom. The van der Waals surface area contributed by atoms with E-state index in [0.717, 1.165) is 34.7 Å². The molecule has 1 aliphatic rings. The second-order valence-corrected chi connectivity index (χ2v) is 7.35. The van der Waals surface area contributed by atoms with Crippen LogP contribution in [0.5, 0.6) is 0 Å². The Kier molecular flexibility index (Phi) is 3.97. The van der Waals surface area contributed by atoms with E-state index >= 15 is 0 Å². The van der Waals surface area contributed by atoms with Crippen molar-refractivity contribution < 1.29 is 5.11 Å². The Balaban J connectivity index is 2.01. The number of hydrogen-bond donors (Lipinski definition) is 1. The zero-order valence-corrected chi connectivity index (χ0v) is 12.7. The first-order valence-corrected chi connectivity index (χ1v) is 7.55. The lowest BCUT2D eigenvalue weighted by atomic mass is 9.75. The summed E-state index contributed by atoms with van der Waals surface area (Å²) >= 11 is 1.64. The van der Waals surface area contributed by atoms with Gasteiger partial charge in [0.25, 0.3) is 0 Å². The standard InChI is InChI=1S/C14H24N2OS/c1-10-12(9-17)18-13(15-10)16-7-5-11(6-8-16)14(2,3)4/h11,17H,5-9H2,1-4H3. The largest absolute Gasteiger partial charge is 0.391 e. The first-order valence-electron chi connectivity index (χ1n) is 6.74. The SMILES string of the molecule is Cc1nc(N2CCC(C(C)(C)C)CC2)sc1CO. The highest BCUT2D eigenvalue weighted by atomic mass is 32.1. The molecule has 0 spiro atoms. The van der Waals surface area contributed by atoms with E-state index in [1.807, 2.05) is 6.92 Å². The second-order valence-electron chi connectivity index (χ2n) is 6.29. The molecule has 2 heterocycles. The highest BCUT2D eigenvalue weighted by molar-refractivity contribution is 7.15. The molecule has 102 valence electrons. The van der Waals surface area contributed by atoms with Crippen LogP contribution in [-0.2, 0) is 6.61 Å². The number of aromatic nitrogens is 1. The average molecular weight is 268 g/mol. The van der Waals surface area contributed by atoms with Gasteiger partial charge in [-0.3, -0.25) is 0 Å². The van der Waals surface area contributed by atoms with Crippen molar-refractivity contribution in [2.24, 2.45) is 11.3 Å². The number of thiazole rings is 1. The van der Waals surface area contributed by atoms with Gasteiger partial charge in [-0.1, -0.05) is 32.1 Å². The zero-order chi connectivity index (χ0) is 13.3. The molecule has 0 bridgehead atoms. The van der Waals surface area contributed by atoms with Crippen molar-refractivity contribution in [1.29, 1.82) is 0 Å². The zero-order valence-electron chi connectivity index (χ0n) is 11.9. The van der Waals surface area contributed by atoms with E-state index in [1.165, 1.54) is 12.8 Å². The summed E-state index contributed by atoms with van der Waals surface area (Å²) in [5, 5.41) is 10.3. The maximum Gasteiger partial charge on any atom is 0.185 e. The van der Waals surface area contributed by atoms with Gasteiger partial charge >= 0.3 is 0 Å². The smallest absolute Gasteiger partial charge is 0.185 e. The fourth-order valence-electron chi connectivity index (χ4n) is 2.63. The van der Waals surface area contributed by atoms with Crippen LogP contribution in [0.4, 0.5) is 5.13 Å². The number of piperidine rings is 1. The Morgan fingerprint density at radius 2 is 1.94 bits per heavy atom. The fraction of sp³-hybridized carbons (Fsp3) is 0.786. The third-order valence-corrected chi connectivity index (χ3v) is 5.22. The number of anilines is 1. The normalized spacial score (nSPS) is 18.4. The van der Waals surface area contributed by atoms with Gasteiger partial charge in [0.15, 0.2) is 5.13 Å². The molecule has 0 unspecified atom stereocenters. The molecule has 1 fully saturated rings. The second kappa shape index (κ2) is 5.17. The highest BCUT2D eigenvalue weighted by Gasteiger charge is 2.29. The van der Waals surface area contributed by atoms with Crippen LogP contribution in [0.2, 0.25) is 0 Å². The molecule has 1 aromatic heterocycles. The number of aryl methyl sites for hydroxylation is 1. The van der Waals surface area contributed by atoms with Crippen LogP contribution < -0.4 is 4.90 Å². The molecular formula is C14H24N2OS. The van der Waals surface area contributed by atoms with Crippen molar-refractivity contribution in [3.63, 3.8) is 0 Å². The van der Waals surface area contributed by atoms with Gasteiger partial charge in [0.2, 0.25) is 0 Å². The van der Waals surface area contributed by atoms with Gasteiger partial charge < -0.3 is 10.0 Å².